The summed E-state index contributed by atoms with van der Waals surface area (Å²) in [5, 5.41) is 18.9. The second-order valence-corrected chi connectivity index (χ2v) is 3.63. The smallest absolute Gasteiger partial charge is 0.248 e. The van der Waals surface area contributed by atoms with E-state index in [4.69, 9.17) is 10.5 Å². The number of aliphatic carboxylic acids is 1. The number of carbonyl (C=O) groups is 2. The molecule has 2 N–H and O–H groups in total. The van der Waals surface area contributed by atoms with E-state index in [1.54, 1.807) is 0 Å². The average molecular weight is 265 g/mol. The van der Waals surface area contributed by atoms with E-state index in [0.717, 1.165) is 5.01 Å². The zero-order valence-corrected chi connectivity index (χ0v) is 10.5. The molecule has 0 bridgehead atoms. The fourth-order valence-electron chi connectivity index (χ4n) is 1.26. The molecule has 8 heteroatoms. The van der Waals surface area contributed by atoms with Crippen molar-refractivity contribution >= 4 is 17.6 Å². The fraction of sp³-hybridized carbons (Fsp3) is 0.273. The van der Waals surface area contributed by atoms with Gasteiger partial charge < -0.3 is 20.4 Å². The average Bonchev–Trinajstić information content (AvgIpc) is 2.35. The predicted molar refractivity (Wildman–Crippen MR) is 63.7 cm³/mol. The number of benzene rings is 1. The highest BCUT2D eigenvalue weighted by atomic mass is 16.5. The molecule has 0 saturated heterocycles. The summed E-state index contributed by atoms with van der Waals surface area (Å²) in [5.74, 6) is -1.50. The van der Waals surface area contributed by atoms with Crippen LogP contribution in [0.25, 0.3) is 0 Å². The van der Waals surface area contributed by atoms with E-state index in [1.807, 2.05) is 0 Å². The quantitative estimate of drug-likeness (QED) is 0.547. The van der Waals surface area contributed by atoms with Gasteiger partial charge in [-0.3, -0.25) is 9.80 Å². The number of hydrogen-bond donors (Lipinski definition) is 1. The first kappa shape index (κ1) is 14.4. The first-order valence-corrected chi connectivity index (χ1v) is 5.24. The SMILES string of the molecule is COc1ccc(C(N)=O)cc1N=NN(C)CC(=O)[O-]. The van der Waals surface area contributed by atoms with Crippen LogP contribution in [0.1, 0.15) is 10.4 Å². The highest BCUT2D eigenvalue weighted by Gasteiger charge is 2.07. The van der Waals surface area contributed by atoms with Crippen molar-refractivity contribution in [2.24, 2.45) is 16.1 Å². The van der Waals surface area contributed by atoms with E-state index < -0.39 is 18.4 Å². The summed E-state index contributed by atoms with van der Waals surface area (Å²) in [6.45, 7) is -0.401. The van der Waals surface area contributed by atoms with Gasteiger partial charge in [-0.2, -0.15) is 0 Å². The molecule has 1 rings (SSSR count). The molecule has 0 unspecified atom stereocenters. The molecular weight excluding hydrogens is 252 g/mol. The van der Waals surface area contributed by atoms with Crippen molar-refractivity contribution in [2.75, 3.05) is 20.7 Å². The molecule has 1 aromatic carbocycles. The van der Waals surface area contributed by atoms with Crippen LogP contribution in [0.3, 0.4) is 0 Å². The van der Waals surface area contributed by atoms with Crippen molar-refractivity contribution in [3.8, 4) is 5.75 Å². The Kier molecular flexibility index (Phi) is 4.81. The van der Waals surface area contributed by atoms with E-state index in [-0.39, 0.29) is 11.3 Å². The molecule has 0 aliphatic heterocycles. The van der Waals surface area contributed by atoms with Crippen molar-refractivity contribution in [3.63, 3.8) is 0 Å². The predicted octanol–water partition coefficient (Wildman–Crippen LogP) is -0.525. The molecule has 8 nitrogen and oxygen atoms in total. The van der Waals surface area contributed by atoms with Crippen LogP contribution in [-0.2, 0) is 4.79 Å². The third kappa shape index (κ3) is 4.26. The molecule has 0 heterocycles. The highest BCUT2D eigenvalue weighted by Crippen LogP contribution is 2.28. The normalized spacial score (nSPS) is 10.4. The van der Waals surface area contributed by atoms with Crippen LogP contribution in [0.2, 0.25) is 0 Å². The number of primary amides is 1. The second kappa shape index (κ2) is 6.34. The van der Waals surface area contributed by atoms with Gasteiger partial charge in [0, 0.05) is 12.6 Å². The van der Waals surface area contributed by atoms with Gasteiger partial charge in [-0.05, 0) is 18.2 Å². The van der Waals surface area contributed by atoms with E-state index in [2.05, 4.69) is 10.3 Å². The first-order chi connectivity index (χ1) is 8.93. The van der Waals surface area contributed by atoms with Gasteiger partial charge in [0.15, 0.2) is 0 Å². The van der Waals surface area contributed by atoms with E-state index in [1.165, 1.54) is 32.4 Å². The number of likely N-dealkylation sites (N-methyl/N-ethyl adjacent to an activating group) is 1. The first-order valence-electron chi connectivity index (χ1n) is 5.24. The van der Waals surface area contributed by atoms with E-state index in [9.17, 15) is 14.7 Å². The minimum atomic E-state index is -1.28. The lowest BCUT2D eigenvalue weighted by Gasteiger charge is -2.11. The minimum absolute atomic E-state index is 0.248. The number of nitrogens with zero attached hydrogens (tertiary/aromatic N) is 3. The zero-order valence-electron chi connectivity index (χ0n) is 10.5. The van der Waals surface area contributed by atoms with Crippen molar-refractivity contribution in [3.05, 3.63) is 23.8 Å². The van der Waals surface area contributed by atoms with Gasteiger partial charge in [-0.25, -0.2) is 0 Å². The van der Waals surface area contributed by atoms with Crippen LogP contribution in [-0.4, -0.2) is 37.6 Å². The summed E-state index contributed by atoms with van der Waals surface area (Å²) >= 11 is 0. The van der Waals surface area contributed by atoms with Crippen LogP contribution < -0.4 is 15.6 Å². The van der Waals surface area contributed by atoms with Crippen molar-refractivity contribution in [1.29, 1.82) is 0 Å². The highest BCUT2D eigenvalue weighted by molar-refractivity contribution is 5.94. The molecule has 0 aliphatic carbocycles. The Morgan fingerprint density at radius 1 is 1.47 bits per heavy atom. The van der Waals surface area contributed by atoms with Crippen LogP contribution in [0.15, 0.2) is 28.5 Å². The zero-order chi connectivity index (χ0) is 14.4. The number of amides is 1. The summed E-state index contributed by atoms with van der Waals surface area (Å²) in [6, 6.07) is 4.41. The molecule has 0 atom stereocenters. The maximum Gasteiger partial charge on any atom is 0.248 e. The Morgan fingerprint density at radius 2 is 2.16 bits per heavy atom. The Hall–Kier alpha value is -2.64. The Morgan fingerprint density at radius 3 is 2.68 bits per heavy atom. The third-order valence-corrected chi connectivity index (χ3v) is 2.13. The summed E-state index contributed by atoms with van der Waals surface area (Å²) in [7, 11) is 2.85. The standard InChI is InChI=1S/C11H14N4O4/c1-15(6-10(16)17)14-13-8-5-7(11(12)18)3-4-9(8)19-2/h3-5H,6H2,1-2H3,(H2,12,18)(H,16,17)/p-1. The molecule has 0 spiro atoms. The monoisotopic (exact) mass is 265 g/mol. The van der Waals surface area contributed by atoms with Gasteiger partial charge in [0.2, 0.25) is 5.91 Å². The van der Waals surface area contributed by atoms with Gasteiger partial charge >= 0.3 is 0 Å². The Bertz CT molecular complexity index is 515. The number of hydrogen-bond acceptors (Lipinski definition) is 6. The molecule has 0 aliphatic rings. The molecule has 102 valence electrons. The number of carboxylic acids is 1. The largest absolute Gasteiger partial charge is 0.548 e. The number of ether oxygens (including phenoxy) is 1. The second-order valence-electron chi connectivity index (χ2n) is 3.63. The third-order valence-electron chi connectivity index (χ3n) is 2.13. The minimum Gasteiger partial charge on any atom is -0.548 e. The molecule has 1 aromatic rings. The number of methoxy groups -OCH3 is 1. The lowest BCUT2D eigenvalue weighted by Crippen LogP contribution is -2.33. The number of carbonyl (C=O) groups excluding carboxylic acids is 2. The van der Waals surface area contributed by atoms with Gasteiger partial charge in [-0.1, -0.05) is 5.22 Å². The molecule has 1 amide bonds. The van der Waals surface area contributed by atoms with Gasteiger partial charge in [0.1, 0.15) is 11.4 Å². The van der Waals surface area contributed by atoms with Gasteiger partial charge in [0.25, 0.3) is 0 Å². The summed E-state index contributed by atoms with van der Waals surface area (Å²) in [5.41, 5.74) is 5.66. The molecular formula is C11H13N4O4-. The topological polar surface area (TPSA) is 120 Å². The van der Waals surface area contributed by atoms with Gasteiger partial charge in [0.05, 0.1) is 19.6 Å². The number of nitrogens with two attached hydrogens (primary N) is 1. The summed E-state index contributed by atoms with van der Waals surface area (Å²) < 4.78 is 5.04. The van der Waals surface area contributed by atoms with Crippen molar-refractivity contribution in [2.45, 2.75) is 0 Å². The van der Waals surface area contributed by atoms with Crippen LogP contribution in [0.5, 0.6) is 5.75 Å². The Balaban J connectivity index is 2.97. The van der Waals surface area contributed by atoms with Crippen molar-refractivity contribution in [1.82, 2.24) is 5.01 Å². The molecule has 0 radical (unpaired) electrons. The van der Waals surface area contributed by atoms with Crippen LogP contribution in [0.4, 0.5) is 5.69 Å². The molecule has 0 saturated carbocycles. The molecule has 19 heavy (non-hydrogen) atoms. The maximum atomic E-state index is 11.0. The van der Waals surface area contributed by atoms with Crippen LogP contribution >= 0.6 is 0 Å². The Labute approximate surface area is 109 Å². The van der Waals surface area contributed by atoms with Gasteiger partial charge in [-0.15, -0.1) is 5.11 Å². The van der Waals surface area contributed by atoms with Crippen LogP contribution in [0, 0.1) is 0 Å². The molecule has 0 fully saturated rings. The lowest BCUT2D eigenvalue weighted by atomic mass is 10.2. The van der Waals surface area contributed by atoms with Crippen molar-refractivity contribution < 1.29 is 19.4 Å². The molecule has 0 aromatic heterocycles. The lowest BCUT2D eigenvalue weighted by molar-refractivity contribution is -0.306. The van der Waals surface area contributed by atoms with E-state index >= 15 is 0 Å². The number of rotatable bonds is 6. The fourth-order valence-corrected chi connectivity index (χ4v) is 1.26. The maximum absolute atomic E-state index is 11.0. The number of carboxylic acid groups (broad SMARTS) is 1. The summed E-state index contributed by atoms with van der Waals surface area (Å²) in [6.07, 6.45) is 0. The summed E-state index contributed by atoms with van der Waals surface area (Å²) in [4.78, 5) is 21.4. The van der Waals surface area contributed by atoms with E-state index in [0.29, 0.717) is 5.75 Å².